The normalized spacial score (nSPS) is 13.4. The van der Waals surface area contributed by atoms with E-state index in [1.807, 2.05) is 21.1 Å². The number of unbranched alkanes of at least 4 members (excludes halogenated alkanes) is 30. The molecule has 0 fully saturated rings. The summed E-state index contributed by atoms with van der Waals surface area (Å²) in [5.74, 6) is -2.01. The lowest BCUT2D eigenvalue weighted by Crippen LogP contribution is -2.40. The Kier molecular flexibility index (Phi) is 64.3. The van der Waals surface area contributed by atoms with Gasteiger partial charge in [-0.15, -0.1) is 0 Å². The van der Waals surface area contributed by atoms with Gasteiger partial charge in [-0.05, 0) is 103 Å². The van der Waals surface area contributed by atoms with Crippen molar-refractivity contribution < 1.29 is 42.9 Å². The minimum Gasteiger partial charge on any atom is -0.477 e. The van der Waals surface area contributed by atoms with Gasteiger partial charge in [-0.1, -0.05) is 302 Å². The van der Waals surface area contributed by atoms with Crippen molar-refractivity contribution in [2.75, 3.05) is 47.5 Å². The van der Waals surface area contributed by atoms with Crippen LogP contribution in [0.3, 0.4) is 0 Å². The summed E-state index contributed by atoms with van der Waals surface area (Å²) in [6.45, 7) is 4.65. The van der Waals surface area contributed by atoms with Gasteiger partial charge in [0.1, 0.15) is 13.2 Å². The molecular weight excluding hydrogens is 1080 g/mol. The molecule has 0 aliphatic carbocycles. The van der Waals surface area contributed by atoms with Crippen LogP contribution in [-0.2, 0) is 33.3 Å². The smallest absolute Gasteiger partial charge is 0.361 e. The van der Waals surface area contributed by atoms with E-state index in [1.54, 1.807) is 0 Å². The number of carbonyl (C=O) groups is 3. The van der Waals surface area contributed by atoms with Crippen LogP contribution in [0.15, 0.2) is 122 Å². The molecule has 0 aromatic heterocycles. The fraction of sp³-hybridized carbons (Fsp3) is 0.705. The molecule has 0 bridgehead atoms. The molecule has 9 nitrogen and oxygen atoms in total. The summed E-state index contributed by atoms with van der Waals surface area (Å²) >= 11 is 0. The molecule has 498 valence electrons. The first-order valence-electron chi connectivity index (χ1n) is 35.7. The molecule has 1 N–H and O–H groups in total. The van der Waals surface area contributed by atoms with E-state index < -0.39 is 24.3 Å². The highest BCUT2D eigenvalue weighted by molar-refractivity contribution is 5.71. The van der Waals surface area contributed by atoms with Crippen molar-refractivity contribution in [2.45, 2.75) is 309 Å². The number of carbonyl (C=O) groups excluding carboxylic acids is 2. The number of likely N-dealkylation sites (N-methyl/N-ethyl adjacent to an activating group) is 1. The molecule has 87 heavy (non-hydrogen) atoms. The highest BCUT2D eigenvalue weighted by Crippen LogP contribution is 2.18. The maximum Gasteiger partial charge on any atom is 0.361 e. The zero-order chi connectivity index (χ0) is 63.3. The number of ether oxygens (including phenoxy) is 4. The average Bonchev–Trinajstić information content (AvgIpc) is 3.55. The van der Waals surface area contributed by atoms with Crippen LogP contribution in [0.4, 0.5) is 0 Å². The van der Waals surface area contributed by atoms with E-state index in [0.29, 0.717) is 11.0 Å². The Morgan fingerprint density at radius 2 is 0.621 bits per heavy atom. The molecule has 0 aliphatic heterocycles. The highest BCUT2D eigenvalue weighted by Gasteiger charge is 2.25. The Morgan fingerprint density at radius 3 is 0.920 bits per heavy atom. The van der Waals surface area contributed by atoms with Gasteiger partial charge in [0, 0.05) is 12.8 Å². The maximum absolute atomic E-state index is 13.0. The van der Waals surface area contributed by atoms with Gasteiger partial charge in [-0.25, -0.2) is 4.79 Å². The largest absolute Gasteiger partial charge is 0.477 e. The van der Waals surface area contributed by atoms with Gasteiger partial charge in [0.05, 0.1) is 34.4 Å². The van der Waals surface area contributed by atoms with Gasteiger partial charge in [0.15, 0.2) is 6.10 Å². The molecule has 0 spiro atoms. The summed E-state index contributed by atoms with van der Waals surface area (Å²) in [5.41, 5.74) is 0. The highest BCUT2D eigenvalue weighted by atomic mass is 16.7. The third-order valence-electron chi connectivity index (χ3n) is 15.2. The van der Waals surface area contributed by atoms with Crippen LogP contribution in [0.1, 0.15) is 296 Å². The van der Waals surface area contributed by atoms with Gasteiger partial charge in [0.25, 0.3) is 6.29 Å². The first kappa shape index (κ1) is 82.7. The second kappa shape index (κ2) is 67.6. The summed E-state index contributed by atoms with van der Waals surface area (Å²) in [7, 11) is 5.97. The Bertz CT molecular complexity index is 1840. The van der Waals surface area contributed by atoms with Crippen LogP contribution in [0, 0.1) is 0 Å². The Labute approximate surface area is 536 Å². The topological polar surface area (TPSA) is 108 Å². The molecule has 0 aromatic rings. The van der Waals surface area contributed by atoms with Gasteiger partial charge >= 0.3 is 17.9 Å². The molecule has 0 saturated heterocycles. The summed E-state index contributed by atoms with van der Waals surface area (Å²) in [6.07, 6.45) is 93.2. The van der Waals surface area contributed by atoms with Crippen LogP contribution in [0.5, 0.6) is 0 Å². The number of allylic oxidation sites excluding steroid dienone is 20. The summed E-state index contributed by atoms with van der Waals surface area (Å²) < 4.78 is 23.0. The lowest BCUT2D eigenvalue weighted by atomic mass is 10.0. The fourth-order valence-electron chi connectivity index (χ4n) is 9.83. The van der Waals surface area contributed by atoms with Gasteiger partial charge in [-0.3, -0.25) is 9.59 Å². The van der Waals surface area contributed by atoms with E-state index in [-0.39, 0.29) is 38.6 Å². The van der Waals surface area contributed by atoms with Crippen molar-refractivity contribution >= 4 is 17.9 Å². The zero-order valence-corrected chi connectivity index (χ0v) is 56.9. The van der Waals surface area contributed by atoms with Crippen molar-refractivity contribution in [3.05, 3.63) is 122 Å². The molecule has 0 rings (SSSR count). The van der Waals surface area contributed by atoms with E-state index in [1.165, 1.54) is 154 Å². The molecule has 0 saturated carbocycles. The third kappa shape index (κ3) is 69.0. The fourth-order valence-corrected chi connectivity index (χ4v) is 9.83. The number of carboxylic acids is 1. The molecule has 0 heterocycles. The number of hydrogen-bond donors (Lipinski definition) is 1. The van der Waals surface area contributed by atoms with E-state index in [4.69, 9.17) is 18.9 Å². The van der Waals surface area contributed by atoms with Gasteiger partial charge in [0.2, 0.25) is 0 Å². The van der Waals surface area contributed by atoms with Crippen molar-refractivity contribution in [2.24, 2.45) is 0 Å². The second-order valence-corrected chi connectivity index (χ2v) is 24.8. The quantitative estimate of drug-likeness (QED) is 0.0211. The molecule has 0 aliphatic rings. The first-order valence-corrected chi connectivity index (χ1v) is 35.7. The van der Waals surface area contributed by atoms with E-state index in [2.05, 4.69) is 135 Å². The molecule has 0 amide bonds. The van der Waals surface area contributed by atoms with E-state index in [0.717, 1.165) is 116 Å². The standard InChI is InChI=1S/C78H133NO8/c1-6-8-10-12-14-16-18-20-22-24-26-28-30-31-32-33-34-35-36-37-38-39-40-41-42-43-44-45-47-49-51-53-55-57-59-61-63-65-67-69-76(81)87-74(73-86-78(77(82)83)84-71-70-79(3,4)5)72-85-75(80)68-66-64-62-60-58-56-54-52-50-48-46-29-27-25-23-21-19-17-15-13-11-9-7-2/h8-11,14-17,20-23,26-29,31-32,48,50,74,78H,6-7,12-13,18-19,24-25,30,33-47,49,51-73H2,1-5H3/p+1/b10-8-,11-9-,16-14-,17-15-,22-20-,23-21-,28-26-,29-27-,32-31-,50-48-. The number of quaternary nitrogens is 1. The minimum absolute atomic E-state index is 0.182. The van der Waals surface area contributed by atoms with Crippen molar-refractivity contribution in [1.29, 1.82) is 0 Å². The first-order chi connectivity index (χ1) is 42.6. The lowest BCUT2D eigenvalue weighted by Gasteiger charge is -2.25. The maximum atomic E-state index is 13.0. The van der Waals surface area contributed by atoms with Crippen LogP contribution >= 0.6 is 0 Å². The van der Waals surface area contributed by atoms with Gasteiger partial charge in [-0.2, -0.15) is 0 Å². The molecular formula is C78H134NO8+. The van der Waals surface area contributed by atoms with Crippen molar-refractivity contribution in [1.82, 2.24) is 0 Å². The van der Waals surface area contributed by atoms with Crippen molar-refractivity contribution in [3.8, 4) is 0 Å². The summed E-state index contributed by atoms with van der Waals surface area (Å²) in [4.78, 5) is 37.6. The number of carboxylic acid groups (broad SMARTS) is 1. The van der Waals surface area contributed by atoms with Crippen LogP contribution in [-0.4, -0.2) is 87.4 Å². The number of aliphatic carboxylic acids is 1. The molecule has 2 unspecified atom stereocenters. The van der Waals surface area contributed by atoms with Crippen LogP contribution in [0.25, 0.3) is 0 Å². The molecule has 0 radical (unpaired) electrons. The molecule has 0 aromatic carbocycles. The third-order valence-corrected chi connectivity index (χ3v) is 15.2. The number of nitrogens with zero attached hydrogens (tertiary/aromatic N) is 1. The SMILES string of the molecule is CC/C=C\C/C=C\C/C=C\C/C=C\C/C=C\CCCCCCCCCCCCCCCCCCCCCCCCCC(=O)OC(COC(=O)CCCCCCCCC/C=C\C/C=C\C/C=C\C/C=C\C/C=C\CC)COC(OCC[N+](C)(C)C)C(=O)O. The van der Waals surface area contributed by atoms with Gasteiger partial charge < -0.3 is 28.5 Å². The molecule has 9 heteroatoms. The Morgan fingerprint density at radius 1 is 0.345 bits per heavy atom. The Balaban J connectivity index is 4.05. The average molecular weight is 1210 g/mol. The van der Waals surface area contributed by atoms with Crippen molar-refractivity contribution in [3.63, 3.8) is 0 Å². The predicted molar refractivity (Wildman–Crippen MR) is 373 cm³/mol. The molecule has 2 atom stereocenters. The lowest BCUT2D eigenvalue weighted by molar-refractivity contribution is -0.870. The van der Waals surface area contributed by atoms with Crippen LogP contribution < -0.4 is 0 Å². The second-order valence-electron chi connectivity index (χ2n) is 24.8. The summed E-state index contributed by atoms with van der Waals surface area (Å²) in [5, 5.41) is 9.75. The van der Waals surface area contributed by atoms with E-state index >= 15 is 0 Å². The number of esters is 2. The summed E-state index contributed by atoms with van der Waals surface area (Å²) in [6, 6.07) is 0. The minimum atomic E-state index is -1.52. The number of hydrogen-bond acceptors (Lipinski definition) is 7. The Hall–Kier alpha value is -4.31. The zero-order valence-electron chi connectivity index (χ0n) is 56.9. The predicted octanol–water partition coefficient (Wildman–Crippen LogP) is 22.4. The monoisotopic (exact) mass is 1210 g/mol. The number of rotatable bonds is 65. The van der Waals surface area contributed by atoms with E-state index in [9.17, 15) is 19.5 Å². The van der Waals surface area contributed by atoms with Crippen LogP contribution in [0.2, 0.25) is 0 Å².